The van der Waals surface area contributed by atoms with Crippen LogP contribution in [0.1, 0.15) is 22.6 Å². The number of hydrogen-bond acceptors (Lipinski definition) is 4. The summed E-state index contributed by atoms with van der Waals surface area (Å²) in [5.41, 5.74) is 6.03. The van der Waals surface area contributed by atoms with Crippen LogP contribution >= 0.6 is 0 Å². The van der Waals surface area contributed by atoms with Gasteiger partial charge in [0.05, 0.1) is 12.2 Å². The quantitative estimate of drug-likeness (QED) is 0.625. The van der Waals surface area contributed by atoms with Crippen LogP contribution in [0.25, 0.3) is 11.1 Å². The molecule has 2 amide bonds. The van der Waals surface area contributed by atoms with E-state index in [1.807, 2.05) is 24.3 Å². The summed E-state index contributed by atoms with van der Waals surface area (Å²) in [6, 6.07) is 21.7. The van der Waals surface area contributed by atoms with Gasteiger partial charge in [-0.25, -0.2) is 4.79 Å². The first-order chi connectivity index (χ1) is 15.7. The molecule has 0 saturated carbocycles. The second-order valence-electron chi connectivity index (χ2n) is 7.53. The van der Waals surface area contributed by atoms with Gasteiger partial charge in [-0.3, -0.25) is 4.79 Å². The van der Waals surface area contributed by atoms with Crippen LogP contribution in [0.15, 0.2) is 66.7 Å². The van der Waals surface area contributed by atoms with E-state index in [4.69, 9.17) is 9.47 Å². The lowest BCUT2D eigenvalue weighted by atomic mass is 9.98. The fraction of sp³-hybridized carbons (Fsp3) is 0.154. The average Bonchev–Trinajstić information content (AvgIpc) is 3.14. The topological polar surface area (TPSA) is 76.7 Å². The lowest BCUT2D eigenvalue weighted by Gasteiger charge is -2.17. The molecule has 32 heavy (non-hydrogen) atoms. The standard InChI is InChI=1S/C26H20N2O4/c29-25-16-31-24-12-11-17(14-23(24)28-25)6-5-13-27-26(30)32-15-22-20-9-3-1-7-18(20)19-8-2-4-10-21(19)22/h1-4,7-12,14,22H,13,15-16H2,(H,27,30)(H,28,29). The first-order valence-corrected chi connectivity index (χ1v) is 10.3. The van der Waals surface area contributed by atoms with Crippen molar-refractivity contribution >= 4 is 17.7 Å². The van der Waals surface area contributed by atoms with Crippen LogP contribution in [0.5, 0.6) is 5.75 Å². The van der Waals surface area contributed by atoms with Crippen LogP contribution in [0.2, 0.25) is 0 Å². The van der Waals surface area contributed by atoms with Crippen molar-refractivity contribution in [2.45, 2.75) is 5.92 Å². The highest BCUT2D eigenvalue weighted by Crippen LogP contribution is 2.44. The summed E-state index contributed by atoms with van der Waals surface area (Å²) in [7, 11) is 0. The molecule has 0 saturated heterocycles. The molecule has 2 N–H and O–H groups in total. The van der Waals surface area contributed by atoms with Gasteiger partial charge in [0.25, 0.3) is 5.91 Å². The molecular formula is C26H20N2O4. The maximum Gasteiger partial charge on any atom is 0.407 e. The van der Waals surface area contributed by atoms with E-state index in [2.05, 4.69) is 46.7 Å². The number of fused-ring (bicyclic) bond motifs is 4. The SMILES string of the molecule is O=C1COc2ccc(C#CCNC(=O)OCC3c4ccccc4-c4ccccc43)cc2N1. The molecule has 1 heterocycles. The van der Waals surface area contributed by atoms with E-state index < -0.39 is 6.09 Å². The summed E-state index contributed by atoms with van der Waals surface area (Å²) in [6.45, 7) is 0.427. The minimum absolute atomic E-state index is 0.0160. The fourth-order valence-corrected chi connectivity index (χ4v) is 4.07. The number of anilines is 1. The third-order valence-electron chi connectivity index (χ3n) is 5.51. The number of amides is 2. The Bertz CT molecular complexity index is 1230. The third-order valence-corrected chi connectivity index (χ3v) is 5.51. The van der Waals surface area contributed by atoms with Crippen LogP contribution in [0.3, 0.4) is 0 Å². The summed E-state index contributed by atoms with van der Waals surface area (Å²) < 4.78 is 10.8. The van der Waals surface area contributed by atoms with Crippen molar-refractivity contribution in [2.24, 2.45) is 0 Å². The first-order valence-electron chi connectivity index (χ1n) is 10.3. The van der Waals surface area contributed by atoms with Gasteiger partial charge < -0.3 is 20.1 Å². The third kappa shape index (κ3) is 3.88. The van der Waals surface area contributed by atoms with Gasteiger partial charge in [-0.2, -0.15) is 0 Å². The molecule has 0 unspecified atom stereocenters. The molecule has 2 aliphatic rings. The molecule has 0 atom stereocenters. The molecule has 1 aliphatic carbocycles. The molecule has 6 nitrogen and oxygen atoms in total. The lowest BCUT2D eigenvalue weighted by Crippen LogP contribution is -2.26. The molecule has 158 valence electrons. The van der Waals surface area contributed by atoms with Crippen LogP contribution in [-0.4, -0.2) is 31.8 Å². The Morgan fingerprint density at radius 1 is 1.06 bits per heavy atom. The van der Waals surface area contributed by atoms with Gasteiger partial charge in [0.1, 0.15) is 12.4 Å². The first kappa shape index (κ1) is 19.7. The zero-order valence-electron chi connectivity index (χ0n) is 17.2. The van der Waals surface area contributed by atoms with E-state index >= 15 is 0 Å². The van der Waals surface area contributed by atoms with E-state index in [9.17, 15) is 9.59 Å². The molecular weight excluding hydrogens is 404 g/mol. The predicted octanol–water partition coefficient (Wildman–Crippen LogP) is 3.91. The second kappa shape index (κ2) is 8.48. The van der Waals surface area contributed by atoms with Crippen LogP contribution in [-0.2, 0) is 9.53 Å². The molecule has 1 aliphatic heterocycles. The Kier molecular flexibility index (Phi) is 5.22. The summed E-state index contributed by atoms with van der Waals surface area (Å²) >= 11 is 0. The van der Waals surface area contributed by atoms with Gasteiger partial charge in [0.2, 0.25) is 0 Å². The molecule has 0 radical (unpaired) electrons. The molecule has 3 aromatic rings. The normalized spacial score (nSPS) is 13.4. The largest absolute Gasteiger partial charge is 0.482 e. The van der Waals surface area contributed by atoms with Crippen molar-refractivity contribution in [3.63, 3.8) is 0 Å². The Balaban J connectivity index is 1.17. The number of hydrogen-bond donors (Lipinski definition) is 2. The average molecular weight is 424 g/mol. The van der Waals surface area contributed by atoms with Crippen LogP contribution in [0.4, 0.5) is 10.5 Å². The number of alkyl carbamates (subject to hydrolysis) is 1. The molecule has 3 aromatic carbocycles. The molecule has 0 aromatic heterocycles. The van der Waals surface area contributed by atoms with Gasteiger partial charge in [-0.1, -0.05) is 60.4 Å². The monoisotopic (exact) mass is 424 g/mol. The molecule has 5 rings (SSSR count). The lowest BCUT2D eigenvalue weighted by molar-refractivity contribution is -0.118. The van der Waals surface area contributed by atoms with Gasteiger partial charge in [-0.15, -0.1) is 0 Å². The van der Waals surface area contributed by atoms with E-state index in [1.54, 1.807) is 18.2 Å². The molecule has 0 bridgehead atoms. The Labute approximate surface area is 185 Å². The summed E-state index contributed by atoms with van der Waals surface area (Å²) in [5.74, 6) is 6.30. The zero-order valence-corrected chi connectivity index (χ0v) is 17.2. The van der Waals surface area contributed by atoms with Gasteiger partial charge in [0, 0.05) is 11.5 Å². The Morgan fingerprint density at radius 2 is 1.78 bits per heavy atom. The van der Waals surface area contributed by atoms with E-state index in [-0.39, 0.29) is 31.6 Å². The molecule has 0 spiro atoms. The van der Waals surface area contributed by atoms with E-state index in [1.165, 1.54) is 22.3 Å². The van der Waals surface area contributed by atoms with Crippen molar-refractivity contribution < 1.29 is 19.1 Å². The van der Waals surface area contributed by atoms with Crippen molar-refractivity contribution in [2.75, 3.05) is 25.1 Å². The minimum atomic E-state index is -0.507. The zero-order chi connectivity index (χ0) is 21.9. The van der Waals surface area contributed by atoms with Crippen molar-refractivity contribution in [3.05, 3.63) is 83.4 Å². The number of carbonyl (C=O) groups is 2. The smallest absolute Gasteiger partial charge is 0.407 e. The van der Waals surface area contributed by atoms with Gasteiger partial charge in [-0.05, 0) is 40.5 Å². The van der Waals surface area contributed by atoms with Gasteiger partial charge >= 0.3 is 6.09 Å². The van der Waals surface area contributed by atoms with Crippen molar-refractivity contribution in [1.82, 2.24) is 5.32 Å². The minimum Gasteiger partial charge on any atom is -0.482 e. The fourth-order valence-electron chi connectivity index (χ4n) is 4.07. The van der Waals surface area contributed by atoms with E-state index in [0.29, 0.717) is 17.0 Å². The van der Waals surface area contributed by atoms with Crippen LogP contribution in [0, 0.1) is 11.8 Å². The highest BCUT2D eigenvalue weighted by Gasteiger charge is 2.28. The number of benzene rings is 3. The summed E-state index contributed by atoms with van der Waals surface area (Å²) in [5, 5.41) is 5.41. The van der Waals surface area contributed by atoms with Gasteiger partial charge in [0.15, 0.2) is 6.61 Å². The van der Waals surface area contributed by atoms with Crippen LogP contribution < -0.4 is 15.4 Å². The van der Waals surface area contributed by atoms with Crippen molar-refractivity contribution in [3.8, 4) is 28.7 Å². The second-order valence-corrected chi connectivity index (χ2v) is 7.53. The number of rotatable bonds is 3. The number of carbonyl (C=O) groups excluding carboxylic acids is 2. The maximum atomic E-state index is 12.2. The molecule has 6 heteroatoms. The summed E-state index contributed by atoms with van der Waals surface area (Å²) in [4.78, 5) is 23.6. The molecule has 0 fully saturated rings. The Morgan fingerprint density at radius 3 is 2.53 bits per heavy atom. The highest BCUT2D eigenvalue weighted by molar-refractivity contribution is 5.95. The van der Waals surface area contributed by atoms with E-state index in [0.717, 1.165) is 0 Å². The predicted molar refractivity (Wildman–Crippen MR) is 121 cm³/mol. The highest BCUT2D eigenvalue weighted by atomic mass is 16.5. The number of ether oxygens (including phenoxy) is 2. The summed E-state index contributed by atoms with van der Waals surface area (Å²) in [6.07, 6.45) is -0.507. The maximum absolute atomic E-state index is 12.2. The Hall–Kier alpha value is -4.24. The number of nitrogens with one attached hydrogen (secondary N) is 2. The van der Waals surface area contributed by atoms with Crippen molar-refractivity contribution in [1.29, 1.82) is 0 Å².